The SMILES string of the molecule is CNC(C)c1ccc(NC(=O)c2cccc(C)c2)cc1. The predicted molar refractivity (Wildman–Crippen MR) is 83.0 cm³/mol. The van der Waals surface area contributed by atoms with Crippen molar-refractivity contribution in [1.82, 2.24) is 5.32 Å². The number of nitrogens with one attached hydrogen (secondary N) is 2. The lowest BCUT2D eigenvalue weighted by Crippen LogP contribution is -2.13. The van der Waals surface area contributed by atoms with Crippen LogP contribution in [0.1, 0.15) is 34.5 Å². The largest absolute Gasteiger partial charge is 0.322 e. The number of carbonyl (C=O) groups is 1. The zero-order valence-corrected chi connectivity index (χ0v) is 12.1. The average Bonchev–Trinajstić information content (AvgIpc) is 2.47. The molecule has 0 fully saturated rings. The highest BCUT2D eigenvalue weighted by molar-refractivity contribution is 6.04. The van der Waals surface area contributed by atoms with E-state index < -0.39 is 0 Å². The van der Waals surface area contributed by atoms with Gasteiger partial charge >= 0.3 is 0 Å². The minimum atomic E-state index is -0.0804. The second-order valence-corrected chi connectivity index (χ2v) is 4.96. The molecule has 3 nitrogen and oxygen atoms in total. The van der Waals surface area contributed by atoms with Crippen molar-refractivity contribution < 1.29 is 4.79 Å². The Morgan fingerprint density at radius 3 is 2.40 bits per heavy atom. The number of carbonyl (C=O) groups excluding carboxylic acids is 1. The van der Waals surface area contributed by atoms with E-state index in [-0.39, 0.29) is 5.91 Å². The highest BCUT2D eigenvalue weighted by Crippen LogP contribution is 2.16. The maximum atomic E-state index is 12.1. The second-order valence-electron chi connectivity index (χ2n) is 4.96. The van der Waals surface area contributed by atoms with Crippen LogP contribution < -0.4 is 10.6 Å². The maximum absolute atomic E-state index is 12.1. The molecule has 0 saturated heterocycles. The number of aryl methyl sites for hydroxylation is 1. The van der Waals surface area contributed by atoms with Gasteiger partial charge in [0.25, 0.3) is 5.91 Å². The molecule has 0 aliphatic carbocycles. The van der Waals surface area contributed by atoms with Crippen molar-refractivity contribution in [3.8, 4) is 0 Å². The Hall–Kier alpha value is -2.13. The number of hydrogen-bond donors (Lipinski definition) is 2. The number of benzene rings is 2. The Kier molecular flexibility index (Phi) is 4.53. The van der Waals surface area contributed by atoms with E-state index in [1.165, 1.54) is 5.56 Å². The van der Waals surface area contributed by atoms with Gasteiger partial charge in [-0.25, -0.2) is 0 Å². The fourth-order valence-electron chi connectivity index (χ4n) is 2.01. The van der Waals surface area contributed by atoms with Crippen molar-refractivity contribution >= 4 is 11.6 Å². The standard InChI is InChI=1S/C17H20N2O/c1-12-5-4-6-15(11-12)17(20)19-16-9-7-14(8-10-16)13(2)18-3/h4-11,13,18H,1-3H3,(H,19,20). The van der Waals surface area contributed by atoms with E-state index in [0.717, 1.165) is 11.3 Å². The van der Waals surface area contributed by atoms with Crippen molar-refractivity contribution in [2.24, 2.45) is 0 Å². The maximum Gasteiger partial charge on any atom is 0.255 e. The van der Waals surface area contributed by atoms with Gasteiger partial charge in [-0.3, -0.25) is 4.79 Å². The minimum absolute atomic E-state index is 0.0804. The lowest BCUT2D eigenvalue weighted by molar-refractivity contribution is 0.102. The molecule has 0 saturated carbocycles. The van der Waals surface area contributed by atoms with Gasteiger partial charge in [0, 0.05) is 17.3 Å². The summed E-state index contributed by atoms with van der Waals surface area (Å²) in [5, 5.41) is 6.10. The molecule has 1 amide bonds. The molecule has 2 aromatic carbocycles. The summed E-state index contributed by atoms with van der Waals surface area (Å²) < 4.78 is 0. The quantitative estimate of drug-likeness (QED) is 0.890. The summed E-state index contributed by atoms with van der Waals surface area (Å²) in [4.78, 5) is 12.1. The van der Waals surface area contributed by atoms with E-state index in [1.807, 2.05) is 62.5 Å². The summed E-state index contributed by atoms with van der Waals surface area (Å²) in [6.45, 7) is 4.07. The Labute approximate surface area is 120 Å². The van der Waals surface area contributed by atoms with E-state index in [0.29, 0.717) is 11.6 Å². The molecule has 0 heterocycles. The summed E-state index contributed by atoms with van der Waals surface area (Å²) in [5.74, 6) is -0.0804. The monoisotopic (exact) mass is 268 g/mol. The van der Waals surface area contributed by atoms with Crippen LogP contribution in [0.5, 0.6) is 0 Å². The zero-order chi connectivity index (χ0) is 14.5. The fourth-order valence-corrected chi connectivity index (χ4v) is 2.01. The smallest absolute Gasteiger partial charge is 0.255 e. The molecule has 1 atom stereocenters. The van der Waals surface area contributed by atoms with Crippen molar-refractivity contribution in [2.75, 3.05) is 12.4 Å². The zero-order valence-electron chi connectivity index (χ0n) is 12.1. The van der Waals surface area contributed by atoms with Crippen LogP contribution in [0.3, 0.4) is 0 Å². The first-order chi connectivity index (χ1) is 9.60. The average molecular weight is 268 g/mol. The normalized spacial score (nSPS) is 11.9. The molecule has 0 bridgehead atoms. The van der Waals surface area contributed by atoms with Gasteiger partial charge in [0.1, 0.15) is 0 Å². The third kappa shape index (κ3) is 3.45. The molecule has 0 aliphatic heterocycles. The Morgan fingerprint density at radius 2 is 1.80 bits per heavy atom. The topological polar surface area (TPSA) is 41.1 Å². The van der Waals surface area contributed by atoms with E-state index in [9.17, 15) is 4.79 Å². The lowest BCUT2D eigenvalue weighted by atomic mass is 10.1. The van der Waals surface area contributed by atoms with Crippen molar-refractivity contribution in [3.05, 3.63) is 65.2 Å². The fraction of sp³-hybridized carbons (Fsp3) is 0.235. The van der Waals surface area contributed by atoms with Crippen LogP contribution in [0, 0.1) is 6.92 Å². The molecular formula is C17H20N2O. The van der Waals surface area contributed by atoms with Gasteiger partial charge in [0.05, 0.1) is 0 Å². The van der Waals surface area contributed by atoms with E-state index >= 15 is 0 Å². The summed E-state index contributed by atoms with van der Waals surface area (Å²) >= 11 is 0. The van der Waals surface area contributed by atoms with Crippen LogP contribution in [-0.2, 0) is 0 Å². The van der Waals surface area contributed by atoms with E-state index in [1.54, 1.807) is 0 Å². The Bertz CT molecular complexity index is 590. The highest BCUT2D eigenvalue weighted by atomic mass is 16.1. The molecule has 0 aromatic heterocycles. The first-order valence-electron chi connectivity index (χ1n) is 6.75. The number of hydrogen-bond acceptors (Lipinski definition) is 2. The Balaban J connectivity index is 2.08. The van der Waals surface area contributed by atoms with Crippen LogP contribution in [-0.4, -0.2) is 13.0 Å². The van der Waals surface area contributed by atoms with Gasteiger partial charge in [-0.2, -0.15) is 0 Å². The summed E-state index contributed by atoms with van der Waals surface area (Å²) in [6.07, 6.45) is 0. The highest BCUT2D eigenvalue weighted by Gasteiger charge is 2.07. The molecule has 3 heteroatoms. The van der Waals surface area contributed by atoms with Gasteiger partial charge in [0.2, 0.25) is 0 Å². The van der Waals surface area contributed by atoms with Crippen LogP contribution >= 0.6 is 0 Å². The molecule has 0 spiro atoms. The van der Waals surface area contributed by atoms with Gasteiger partial charge in [-0.05, 0) is 50.7 Å². The Morgan fingerprint density at radius 1 is 1.10 bits per heavy atom. The molecule has 2 aromatic rings. The summed E-state index contributed by atoms with van der Waals surface area (Å²) in [5.41, 5.74) is 3.76. The molecule has 2 rings (SSSR count). The lowest BCUT2D eigenvalue weighted by Gasteiger charge is -2.11. The predicted octanol–water partition coefficient (Wildman–Crippen LogP) is 3.53. The van der Waals surface area contributed by atoms with E-state index in [4.69, 9.17) is 0 Å². The molecular weight excluding hydrogens is 248 g/mol. The summed E-state index contributed by atoms with van der Waals surface area (Å²) in [6, 6.07) is 15.8. The number of anilines is 1. The molecule has 0 aliphatic rings. The van der Waals surface area contributed by atoms with Crippen molar-refractivity contribution in [1.29, 1.82) is 0 Å². The van der Waals surface area contributed by atoms with Gasteiger partial charge in [-0.1, -0.05) is 29.8 Å². The van der Waals surface area contributed by atoms with E-state index in [2.05, 4.69) is 17.6 Å². The van der Waals surface area contributed by atoms with Crippen molar-refractivity contribution in [3.63, 3.8) is 0 Å². The van der Waals surface area contributed by atoms with Crippen molar-refractivity contribution in [2.45, 2.75) is 19.9 Å². The minimum Gasteiger partial charge on any atom is -0.322 e. The molecule has 20 heavy (non-hydrogen) atoms. The number of rotatable bonds is 4. The second kappa shape index (κ2) is 6.35. The molecule has 104 valence electrons. The van der Waals surface area contributed by atoms with Crippen LogP contribution in [0.15, 0.2) is 48.5 Å². The third-order valence-electron chi connectivity index (χ3n) is 3.38. The molecule has 0 radical (unpaired) electrons. The molecule has 2 N–H and O–H groups in total. The van der Waals surface area contributed by atoms with Crippen LogP contribution in [0.2, 0.25) is 0 Å². The first kappa shape index (κ1) is 14.3. The molecule has 1 unspecified atom stereocenters. The van der Waals surface area contributed by atoms with Gasteiger partial charge in [0.15, 0.2) is 0 Å². The summed E-state index contributed by atoms with van der Waals surface area (Å²) in [7, 11) is 1.93. The van der Waals surface area contributed by atoms with Gasteiger partial charge < -0.3 is 10.6 Å². The van der Waals surface area contributed by atoms with Crippen LogP contribution in [0.25, 0.3) is 0 Å². The third-order valence-corrected chi connectivity index (χ3v) is 3.38. The first-order valence-corrected chi connectivity index (χ1v) is 6.75. The number of amides is 1. The van der Waals surface area contributed by atoms with Crippen LogP contribution in [0.4, 0.5) is 5.69 Å². The van der Waals surface area contributed by atoms with Gasteiger partial charge in [-0.15, -0.1) is 0 Å².